The molecule has 0 saturated carbocycles. The molecular weight excluding hydrogens is 338 g/mol. The summed E-state index contributed by atoms with van der Waals surface area (Å²) in [6.07, 6.45) is -3.90. The van der Waals surface area contributed by atoms with E-state index in [1.54, 1.807) is 0 Å². The van der Waals surface area contributed by atoms with Gasteiger partial charge in [-0.3, -0.25) is 0 Å². The van der Waals surface area contributed by atoms with Crippen LogP contribution in [0.1, 0.15) is 5.56 Å². The average Bonchev–Trinajstić information content (AvgIpc) is 2.27. The molecule has 0 N–H and O–H groups in total. The van der Waals surface area contributed by atoms with Gasteiger partial charge < -0.3 is 0 Å². The summed E-state index contributed by atoms with van der Waals surface area (Å²) in [5.74, 6) is -4.44. The van der Waals surface area contributed by atoms with Crippen LogP contribution in [0.5, 0.6) is 0 Å². The van der Waals surface area contributed by atoms with E-state index in [4.69, 9.17) is 33.2 Å². The van der Waals surface area contributed by atoms with Crippen LogP contribution in [0.25, 0.3) is 0 Å². The molecule has 1 unspecified atom stereocenters. The second-order valence-electron chi connectivity index (χ2n) is 3.47. The molecule has 0 aliphatic carbocycles. The smallest absolute Gasteiger partial charge is 0.234 e. The first kappa shape index (κ1) is 16.0. The molecule has 0 heterocycles. The van der Waals surface area contributed by atoms with Crippen molar-refractivity contribution in [3.05, 3.63) is 35.9 Å². The van der Waals surface area contributed by atoms with Crippen molar-refractivity contribution >= 4 is 39.2 Å². The molecule has 1 rings (SSSR count). The number of benzene rings is 1. The maximum absolute atomic E-state index is 13.6. The van der Waals surface area contributed by atoms with Crippen LogP contribution in [0.2, 0.25) is 0 Å². The summed E-state index contributed by atoms with van der Waals surface area (Å²) in [6, 6.07) is 0.400. The quantitative estimate of drug-likeness (QED) is 0.412. The van der Waals surface area contributed by atoms with E-state index < -0.39 is 29.2 Å². The molecule has 0 saturated heterocycles. The van der Waals surface area contributed by atoms with E-state index >= 15 is 0 Å². The summed E-state index contributed by atoms with van der Waals surface area (Å²) >= 11 is 14.9. The van der Waals surface area contributed by atoms with Gasteiger partial charge in [0.05, 0.1) is 0 Å². The van der Waals surface area contributed by atoms with E-state index in [2.05, 4.69) is 0 Å². The maximum Gasteiger partial charge on any atom is 0.420 e. The Kier molecular flexibility index (Phi) is 4.58. The van der Waals surface area contributed by atoms with Crippen molar-refractivity contribution in [3.63, 3.8) is 0 Å². The second-order valence-corrected chi connectivity index (χ2v) is 12.0. The van der Waals surface area contributed by atoms with Crippen LogP contribution in [-0.4, -0.2) is 17.7 Å². The lowest BCUT2D eigenvalue weighted by Crippen LogP contribution is -2.53. The van der Waals surface area contributed by atoms with E-state index in [1.165, 1.54) is 18.2 Å². The first-order valence-electron chi connectivity index (χ1n) is 4.53. The third-order valence-corrected chi connectivity index (χ3v) is 5.45. The maximum atomic E-state index is 13.6. The fourth-order valence-electron chi connectivity index (χ4n) is 1.18. The SMILES string of the molecule is FC(C(F)(F)c1ccccc1)C(F)(F)[Si](Cl)(Cl)Cl. The summed E-state index contributed by atoms with van der Waals surface area (Å²) < 4.78 is 67.2. The standard InChI is InChI=1S/C9H6Cl3F5Si/c10-18(11,12)9(16,17)7(13)8(14,15)6-4-2-1-3-5-6/h1-5,7H. The van der Waals surface area contributed by atoms with Crippen LogP contribution in [-0.2, 0) is 5.92 Å². The third kappa shape index (κ3) is 2.92. The van der Waals surface area contributed by atoms with E-state index in [0.717, 1.165) is 12.1 Å². The Bertz CT molecular complexity index is 406. The Labute approximate surface area is 115 Å². The summed E-state index contributed by atoms with van der Waals surface area (Å²) in [7, 11) is 0. The van der Waals surface area contributed by atoms with E-state index in [9.17, 15) is 22.0 Å². The number of halogens is 8. The molecule has 1 aromatic carbocycles. The molecule has 0 nitrogen and oxygen atoms in total. The van der Waals surface area contributed by atoms with E-state index in [-0.39, 0.29) is 0 Å². The molecular formula is C9H6Cl3F5Si. The lowest BCUT2D eigenvalue weighted by Gasteiger charge is -2.30. The van der Waals surface area contributed by atoms with Crippen LogP contribution in [0.15, 0.2) is 30.3 Å². The Balaban J connectivity index is 3.14. The van der Waals surface area contributed by atoms with Crippen molar-refractivity contribution in [2.75, 3.05) is 0 Å². The van der Waals surface area contributed by atoms with E-state index in [1.807, 2.05) is 0 Å². The Morgan fingerprint density at radius 2 is 1.39 bits per heavy atom. The zero-order chi connectivity index (χ0) is 14.2. The van der Waals surface area contributed by atoms with Crippen LogP contribution >= 0.6 is 33.2 Å². The minimum absolute atomic E-state index is 0.822. The topological polar surface area (TPSA) is 0 Å². The van der Waals surface area contributed by atoms with Gasteiger partial charge in [0.15, 0.2) is 0 Å². The molecule has 0 bridgehead atoms. The van der Waals surface area contributed by atoms with Crippen molar-refractivity contribution in [2.24, 2.45) is 0 Å². The molecule has 0 spiro atoms. The first-order chi connectivity index (χ1) is 8.01. The number of rotatable bonds is 4. The molecule has 0 aromatic heterocycles. The fourth-order valence-corrected chi connectivity index (χ4v) is 2.51. The van der Waals surface area contributed by atoms with Gasteiger partial charge in [0.25, 0.3) is 0 Å². The minimum Gasteiger partial charge on any atom is -0.234 e. The van der Waals surface area contributed by atoms with Crippen molar-refractivity contribution < 1.29 is 22.0 Å². The van der Waals surface area contributed by atoms with Crippen LogP contribution < -0.4 is 0 Å². The highest BCUT2D eigenvalue weighted by Crippen LogP contribution is 2.48. The van der Waals surface area contributed by atoms with Crippen molar-refractivity contribution in [1.82, 2.24) is 0 Å². The van der Waals surface area contributed by atoms with Gasteiger partial charge in [-0.1, -0.05) is 30.3 Å². The Morgan fingerprint density at radius 1 is 0.944 bits per heavy atom. The highest BCUT2D eigenvalue weighted by molar-refractivity contribution is 7.65. The highest BCUT2D eigenvalue weighted by atomic mass is 35.8. The Hall–Kier alpha value is -0.0431. The summed E-state index contributed by atoms with van der Waals surface area (Å²) in [6.45, 7) is 0. The predicted molar refractivity (Wildman–Crippen MR) is 63.5 cm³/mol. The number of hydrogen-bond acceptors (Lipinski definition) is 0. The fraction of sp³-hybridized carbons (Fsp3) is 0.333. The number of alkyl halides is 5. The van der Waals surface area contributed by atoms with Gasteiger partial charge in [-0.05, 0) is 0 Å². The summed E-state index contributed by atoms with van der Waals surface area (Å²) in [5.41, 5.74) is -5.60. The van der Waals surface area contributed by atoms with Crippen LogP contribution in [0.4, 0.5) is 22.0 Å². The van der Waals surface area contributed by atoms with Gasteiger partial charge in [-0.2, -0.15) is 8.78 Å². The first-order valence-corrected chi connectivity index (χ1v) is 9.56. The Morgan fingerprint density at radius 3 is 1.78 bits per heavy atom. The predicted octanol–water partition coefficient (Wildman–Crippen LogP) is 4.95. The lowest BCUT2D eigenvalue weighted by molar-refractivity contribution is -0.152. The van der Waals surface area contributed by atoms with Crippen LogP contribution in [0, 0.1) is 0 Å². The number of hydrogen-bond donors (Lipinski definition) is 0. The largest absolute Gasteiger partial charge is 0.420 e. The minimum atomic E-state index is -4.96. The molecule has 102 valence electrons. The average molecular weight is 344 g/mol. The van der Waals surface area contributed by atoms with E-state index in [0.29, 0.717) is 0 Å². The van der Waals surface area contributed by atoms with Crippen LogP contribution in [0.3, 0.4) is 0 Å². The van der Waals surface area contributed by atoms with Gasteiger partial charge in [-0.15, -0.1) is 33.2 Å². The normalized spacial score (nSPS) is 15.6. The van der Waals surface area contributed by atoms with Crippen molar-refractivity contribution in [1.29, 1.82) is 0 Å². The molecule has 0 radical (unpaired) electrons. The molecule has 1 atom stereocenters. The van der Waals surface area contributed by atoms with Gasteiger partial charge in [0.2, 0.25) is 6.17 Å². The van der Waals surface area contributed by atoms with Gasteiger partial charge >= 0.3 is 17.5 Å². The van der Waals surface area contributed by atoms with Gasteiger partial charge in [0.1, 0.15) is 0 Å². The molecule has 18 heavy (non-hydrogen) atoms. The highest BCUT2D eigenvalue weighted by Gasteiger charge is 2.67. The second kappa shape index (κ2) is 5.15. The molecule has 0 amide bonds. The zero-order valence-electron chi connectivity index (χ0n) is 8.49. The molecule has 1 aromatic rings. The van der Waals surface area contributed by atoms with Gasteiger partial charge in [-0.25, -0.2) is 13.2 Å². The summed E-state index contributed by atoms with van der Waals surface area (Å²) in [5, 5.41) is 0. The molecule has 0 aliphatic rings. The monoisotopic (exact) mass is 342 g/mol. The third-order valence-electron chi connectivity index (χ3n) is 2.17. The van der Waals surface area contributed by atoms with Gasteiger partial charge in [0, 0.05) is 5.56 Å². The summed E-state index contributed by atoms with van der Waals surface area (Å²) in [4.78, 5) is 0. The molecule has 0 aliphatic heterocycles. The van der Waals surface area contributed by atoms with Crippen molar-refractivity contribution in [3.8, 4) is 0 Å². The zero-order valence-corrected chi connectivity index (χ0v) is 11.8. The van der Waals surface area contributed by atoms with Crippen molar-refractivity contribution in [2.45, 2.75) is 17.6 Å². The molecule has 9 heteroatoms. The molecule has 0 fully saturated rings. The lowest BCUT2D eigenvalue weighted by atomic mass is 10.0.